The predicted molar refractivity (Wildman–Crippen MR) is 125 cm³/mol. The van der Waals surface area contributed by atoms with Crippen LogP contribution in [0.25, 0.3) is 0 Å². The van der Waals surface area contributed by atoms with E-state index in [4.69, 9.17) is 0 Å². The van der Waals surface area contributed by atoms with Crippen molar-refractivity contribution < 1.29 is 12.8 Å². The van der Waals surface area contributed by atoms with Gasteiger partial charge in [-0.1, -0.05) is 30.3 Å². The largest absolute Gasteiger partial charge is 0.352 e. The first-order chi connectivity index (χ1) is 13.1. The molecule has 0 unspecified atom stereocenters. The Hall–Kier alpha value is -1.72. The van der Waals surface area contributed by atoms with Gasteiger partial charge in [0.05, 0.1) is 4.90 Å². The van der Waals surface area contributed by atoms with Crippen molar-refractivity contribution in [2.75, 3.05) is 7.05 Å². The fourth-order valence-corrected chi connectivity index (χ4v) is 4.26. The molecule has 29 heavy (non-hydrogen) atoms. The SMILES string of the molecule is CN=C(NCc1cccc(F)c1)NCc1ccccc1S(=O)(=O)NC(C)(C)C.I. The van der Waals surface area contributed by atoms with Crippen LogP contribution in [0.15, 0.2) is 58.4 Å². The molecule has 0 spiro atoms. The second kappa shape index (κ2) is 10.9. The van der Waals surface area contributed by atoms with Gasteiger partial charge in [-0.2, -0.15) is 0 Å². The zero-order chi connectivity index (χ0) is 20.8. The molecule has 160 valence electrons. The summed E-state index contributed by atoms with van der Waals surface area (Å²) < 4.78 is 41.4. The van der Waals surface area contributed by atoms with Gasteiger partial charge in [0.1, 0.15) is 5.82 Å². The summed E-state index contributed by atoms with van der Waals surface area (Å²) in [4.78, 5) is 4.35. The molecule has 0 radical (unpaired) electrons. The number of nitrogens with zero attached hydrogens (tertiary/aromatic N) is 1. The van der Waals surface area contributed by atoms with Crippen molar-refractivity contribution in [3.63, 3.8) is 0 Å². The van der Waals surface area contributed by atoms with E-state index >= 15 is 0 Å². The molecular formula is C20H28FIN4O2S. The van der Waals surface area contributed by atoms with E-state index in [1.807, 2.05) is 6.07 Å². The Bertz CT molecular complexity index is 943. The number of benzene rings is 2. The molecule has 0 saturated carbocycles. The van der Waals surface area contributed by atoms with Crippen LogP contribution in [-0.2, 0) is 23.1 Å². The molecular weight excluding hydrogens is 506 g/mol. The highest BCUT2D eigenvalue weighted by Gasteiger charge is 2.24. The minimum Gasteiger partial charge on any atom is -0.352 e. The van der Waals surface area contributed by atoms with Gasteiger partial charge < -0.3 is 10.6 Å². The summed E-state index contributed by atoms with van der Waals surface area (Å²) in [7, 11) is -2.04. The van der Waals surface area contributed by atoms with Crippen LogP contribution in [0.2, 0.25) is 0 Å². The summed E-state index contributed by atoms with van der Waals surface area (Å²) in [6.45, 7) is 6.05. The van der Waals surface area contributed by atoms with Gasteiger partial charge in [0.2, 0.25) is 10.0 Å². The van der Waals surface area contributed by atoms with Crippen LogP contribution in [0.5, 0.6) is 0 Å². The average Bonchev–Trinajstić information content (AvgIpc) is 2.60. The molecule has 9 heteroatoms. The molecule has 2 aromatic rings. The maximum Gasteiger partial charge on any atom is 0.241 e. The first-order valence-corrected chi connectivity index (χ1v) is 10.4. The molecule has 0 fully saturated rings. The number of rotatable bonds is 6. The Morgan fingerprint density at radius 1 is 1.03 bits per heavy atom. The predicted octanol–water partition coefficient (Wildman–Crippen LogP) is 3.39. The molecule has 6 nitrogen and oxygen atoms in total. The molecule has 0 atom stereocenters. The standard InChI is InChI=1S/C20H27FN4O2S.HI/c1-20(2,3)25-28(26,27)18-11-6-5-9-16(18)14-24-19(22-4)23-13-15-8-7-10-17(21)12-15;/h5-12,25H,13-14H2,1-4H3,(H2,22,23,24);1H. The summed E-state index contributed by atoms with van der Waals surface area (Å²) in [5.74, 6) is 0.188. The Morgan fingerprint density at radius 2 is 1.69 bits per heavy atom. The Labute approximate surface area is 189 Å². The van der Waals surface area contributed by atoms with E-state index in [0.29, 0.717) is 18.1 Å². The van der Waals surface area contributed by atoms with Crippen molar-refractivity contribution in [1.29, 1.82) is 0 Å². The molecule has 3 N–H and O–H groups in total. The molecule has 0 saturated heterocycles. The third-order valence-corrected chi connectivity index (χ3v) is 5.58. The highest BCUT2D eigenvalue weighted by Crippen LogP contribution is 2.17. The van der Waals surface area contributed by atoms with Crippen LogP contribution in [-0.4, -0.2) is 27.0 Å². The third kappa shape index (κ3) is 8.27. The summed E-state index contributed by atoms with van der Waals surface area (Å²) in [6.07, 6.45) is 0. The van der Waals surface area contributed by atoms with Gasteiger partial charge in [-0.25, -0.2) is 17.5 Å². The van der Waals surface area contributed by atoms with Crippen molar-refractivity contribution in [1.82, 2.24) is 15.4 Å². The van der Waals surface area contributed by atoms with Gasteiger partial charge in [-0.05, 0) is 50.1 Å². The molecule has 0 aliphatic rings. The van der Waals surface area contributed by atoms with Gasteiger partial charge in [-0.15, -0.1) is 24.0 Å². The fraction of sp³-hybridized carbons (Fsp3) is 0.350. The first-order valence-electron chi connectivity index (χ1n) is 8.91. The maximum absolute atomic E-state index is 13.3. The normalized spacial score (nSPS) is 12.2. The second-order valence-corrected chi connectivity index (χ2v) is 9.02. The number of hydrogen-bond donors (Lipinski definition) is 3. The highest BCUT2D eigenvalue weighted by atomic mass is 127. The Kier molecular flexibility index (Phi) is 9.50. The van der Waals surface area contributed by atoms with E-state index in [-0.39, 0.29) is 41.2 Å². The van der Waals surface area contributed by atoms with Crippen molar-refractivity contribution in [2.45, 2.75) is 44.3 Å². The van der Waals surface area contributed by atoms with Crippen molar-refractivity contribution in [3.05, 3.63) is 65.5 Å². The minimum atomic E-state index is -3.66. The first kappa shape index (κ1) is 25.3. The highest BCUT2D eigenvalue weighted by molar-refractivity contribution is 14.0. The lowest BCUT2D eigenvalue weighted by atomic mass is 10.1. The monoisotopic (exact) mass is 534 g/mol. The Morgan fingerprint density at radius 3 is 2.31 bits per heavy atom. The van der Waals surface area contributed by atoms with Crippen molar-refractivity contribution >= 4 is 40.0 Å². The van der Waals surface area contributed by atoms with Crippen molar-refractivity contribution in [3.8, 4) is 0 Å². The maximum atomic E-state index is 13.3. The lowest BCUT2D eigenvalue weighted by molar-refractivity contribution is 0.491. The zero-order valence-corrected chi connectivity index (χ0v) is 20.1. The van der Waals surface area contributed by atoms with E-state index in [1.165, 1.54) is 12.1 Å². The van der Waals surface area contributed by atoms with E-state index < -0.39 is 15.6 Å². The van der Waals surface area contributed by atoms with Crippen LogP contribution < -0.4 is 15.4 Å². The Balaban J connectivity index is 0.00000420. The van der Waals surface area contributed by atoms with Gasteiger partial charge in [0.25, 0.3) is 0 Å². The molecule has 2 rings (SSSR count). The van der Waals surface area contributed by atoms with E-state index in [9.17, 15) is 12.8 Å². The van der Waals surface area contributed by atoms with Crippen LogP contribution in [0.3, 0.4) is 0 Å². The summed E-state index contributed by atoms with van der Waals surface area (Å²) in [6, 6.07) is 13.1. The van der Waals surface area contributed by atoms with E-state index in [1.54, 1.807) is 58.2 Å². The average molecular weight is 534 g/mol. The number of aliphatic imine (C=N–C) groups is 1. The smallest absolute Gasteiger partial charge is 0.241 e. The van der Waals surface area contributed by atoms with Gasteiger partial charge in [-0.3, -0.25) is 4.99 Å². The quantitative estimate of drug-likeness (QED) is 0.302. The topological polar surface area (TPSA) is 82.6 Å². The summed E-state index contributed by atoms with van der Waals surface area (Å²) in [5, 5.41) is 6.19. The van der Waals surface area contributed by atoms with Crippen LogP contribution in [0, 0.1) is 5.82 Å². The van der Waals surface area contributed by atoms with Gasteiger partial charge in [0, 0.05) is 25.7 Å². The summed E-state index contributed by atoms with van der Waals surface area (Å²) in [5.41, 5.74) is 0.815. The molecule has 0 aromatic heterocycles. The number of sulfonamides is 1. The molecule has 0 aliphatic heterocycles. The third-order valence-electron chi connectivity index (χ3n) is 3.72. The molecule has 0 heterocycles. The number of halogens is 2. The van der Waals surface area contributed by atoms with Crippen LogP contribution >= 0.6 is 24.0 Å². The minimum absolute atomic E-state index is 0. The lowest BCUT2D eigenvalue weighted by Gasteiger charge is -2.22. The van der Waals surface area contributed by atoms with Gasteiger partial charge >= 0.3 is 0 Å². The zero-order valence-electron chi connectivity index (χ0n) is 17.0. The number of nitrogens with one attached hydrogen (secondary N) is 3. The van der Waals surface area contributed by atoms with Gasteiger partial charge in [0.15, 0.2) is 5.96 Å². The van der Waals surface area contributed by atoms with Crippen LogP contribution in [0.4, 0.5) is 4.39 Å². The molecule has 0 amide bonds. The lowest BCUT2D eigenvalue weighted by Crippen LogP contribution is -2.41. The summed E-state index contributed by atoms with van der Waals surface area (Å²) >= 11 is 0. The van der Waals surface area contributed by atoms with E-state index in [0.717, 1.165) is 5.56 Å². The fourth-order valence-electron chi connectivity index (χ4n) is 2.60. The number of hydrogen-bond acceptors (Lipinski definition) is 3. The number of guanidine groups is 1. The van der Waals surface area contributed by atoms with E-state index in [2.05, 4.69) is 20.3 Å². The molecule has 2 aromatic carbocycles. The van der Waals surface area contributed by atoms with Crippen LogP contribution in [0.1, 0.15) is 31.9 Å². The molecule has 0 bridgehead atoms. The van der Waals surface area contributed by atoms with Crippen molar-refractivity contribution in [2.24, 2.45) is 4.99 Å². The molecule has 0 aliphatic carbocycles. The second-order valence-electron chi connectivity index (χ2n) is 7.37.